The first-order chi connectivity index (χ1) is 10.2. The molecule has 1 aliphatic heterocycles. The Hall–Kier alpha value is -1.61. The van der Waals surface area contributed by atoms with Crippen LogP contribution in [0.15, 0.2) is 36.5 Å². The Balaban J connectivity index is 1.66. The number of nitrogens with zero attached hydrogens (tertiary/aromatic N) is 1. The van der Waals surface area contributed by atoms with Gasteiger partial charge < -0.3 is 10.1 Å². The Morgan fingerprint density at radius 1 is 1.24 bits per heavy atom. The van der Waals surface area contributed by atoms with Crippen LogP contribution in [-0.4, -0.2) is 23.7 Å². The second-order valence-electron chi connectivity index (χ2n) is 6.92. The van der Waals surface area contributed by atoms with Crippen LogP contribution >= 0.6 is 0 Å². The maximum atomic E-state index is 6.00. The van der Waals surface area contributed by atoms with Gasteiger partial charge in [-0.25, -0.2) is 0 Å². The molecule has 4 rings (SSSR count). The van der Waals surface area contributed by atoms with Crippen LogP contribution in [0.2, 0.25) is 0 Å². The molecule has 1 aromatic heterocycles. The summed E-state index contributed by atoms with van der Waals surface area (Å²) in [5.41, 5.74) is 2.44. The van der Waals surface area contributed by atoms with Crippen molar-refractivity contribution in [1.82, 2.24) is 4.98 Å². The Morgan fingerprint density at radius 2 is 2.14 bits per heavy atom. The quantitative estimate of drug-likeness (QED) is 0.908. The third-order valence-electron chi connectivity index (χ3n) is 5.29. The van der Waals surface area contributed by atoms with Gasteiger partial charge in [-0.15, -0.1) is 0 Å². The van der Waals surface area contributed by atoms with Gasteiger partial charge in [-0.1, -0.05) is 19.9 Å². The summed E-state index contributed by atoms with van der Waals surface area (Å²) < 4.78 is 6.00. The van der Waals surface area contributed by atoms with Crippen LogP contribution < -0.4 is 5.32 Å². The van der Waals surface area contributed by atoms with Crippen molar-refractivity contribution in [3.63, 3.8) is 0 Å². The first kappa shape index (κ1) is 13.1. The summed E-state index contributed by atoms with van der Waals surface area (Å²) in [6.45, 7) is 5.57. The van der Waals surface area contributed by atoms with Crippen molar-refractivity contribution in [3.8, 4) is 0 Å². The number of ether oxygens (including phenoxy) is 1. The van der Waals surface area contributed by atoms with Crippen molar-refractivity contribution in [2.75, 3.05) is 11.9 Å². The van der Waals surface area contributed by atoms with Gasteiger partial charge >= 0.3 is 0 Å². The SMILES string of the molecule is CC1(C)C(Nc2cccc3ncccc23)C2CCCOC21. The van der Waals surface area contributed by atoms with Crippen LogP contribution in [0.3, 0.4) is 0 Å². The average molecular weight is 282 g/mol. The van der Waals surface area contributed by atoms with E-state index >= 15 is 0 Å². The molecule has 3 unspecified atom stereocenters. The zero-order valence-electron chi connectivity index (χ0n) is 12.7. The summed E-state index contributed by atoms with van der Waals surface area (Å²) in [4.78, 5) is 4.45. The molecule has 2 aliphatic rings. The highest BCUT2D eigenvalue weighted by Gasteiger charge is 2.57. The molecule has 3 atom stereocenters. The highest BCUT2D eigenvalue weighted by atomic mass is 16.5. The van der Waals surface area contributed by atoms with Crippen LogP contribution in [0.25, 0.3) is 10.9 Å². The minimum absolute atomic E-state index is 0.190. The van der Waals surface area contributed by atoms with Crippen molar-refractivity contribution in [3.05, 3.63) is 36.5 Å². The van der Waals surface area contributed by atoms with E-state index < -0.39 is 0 Å². The van der Waals surface area contributed by atoms with Crippen molar-refractivity contribution in [2.45, 2.75) is 38.8 Å². The lowest BCUT2D eigenvalue weighted by atomic mass is 9.55. The minimum atomic E-state index is 0.190. The zero-order chi connectivity index (χ0) is 14.4. The van der Waals surface area contributed by atoms with Gasteiger partial charge in [-0.05, 0) is 37.1 Å². The summed E-state index contributed by atoms with van der Waals surface area (Å²) in [6.07, 6.45) is 4.72. The molecule has 1 aromatic carbocycles. The predicted molar refractivity (Wildman–Crippen MR) is 85.4 cm³/mol. The van der Waals surface area contributed by atoms with E-state index in [1.807, 2.05) is 12.3 Å². The maximum Gasteiger partial charge on any atom is 0.0722 e. The highest BCUT2D eigenvalue weighted by molar-refractivity contribution is 5.91. The number of nitrogens with one attached hydrogen (secondary N) is 1. The summed E-state index contributed by atoms with van der Waals surface area (Å²) in [5.74, 6) is 0.640. The van der Waals surface area contributed by atoms with Gasteiger partial charge in [-0.3, -0.25) is 4.98 Å². The van der Waals surface area contributed by atoms with E-state index in [9.17, 15) is 0 Å². The van der Waals surface area contributed by atoms with Crippen LogP contribution in [0.1, 0.15) is 26.7 Å². The summed E-state index contributed by atoms with van der Waals surface area (Å²) in [7, 11) is 0. The first-order valence-electron chi connectivity index (χ1n) is 7.90. The highest BCUT2D eigenvalue weighted by Crippen LogP contribution is 2.52. The van der Waals surface area contributed by atoms with Gasteiger partial charge in [-0.2, -0.15) is 0 Å². The van der Waals surface area contributed by atoms with Crippen molar-refractivity contribution < 1.29 is 4.74 Å². The van der Waals surface area contributed by atoms with E-state index in [4.69, 9.17) is 4.74 Å². The van der Waals surface area contributed by atoms with Crippen LogP contribution in [0.4, 0.5) is 5.69 Å². The Morgan fingerprint density at radius 3 is 3.05 bits per heavy atom. The van der Waals surface area contributed by atoms with E-state index in [1.54, 1.807) is 0 Å². The van der Waals surface area contributed by atoms with Gasteiger partial charge in [0, 0.05) is 41.3 Å². The van der Waals surface area contributed by atoms with E-state index in [0.717, 1.165) is 12.1 Å². The molecule has 3 heteroatoms. The topological polar surface area (TPSA) is 34.2 Å². The number of rotatable bonds is 2. The van der Waals surface area contributed by atoms with Crippen molar-refractivity contribution in [2.24, 2.45) is 11.3 Å². The van der Waals surface area contributed by atoms with Gasteiger partial charge in [0.1, 0.15) is 0 Å². The second-order valence-corrected chi connectivity index (χ2v) is 6.92. The standard InChI is InChI=1S/C18H22N2O/c1-18(2)16(13-7-5-11-21-17(13)18)20-15-9-3-8-14-12(15)6-4-10-19-14/h3-4,6,8-10,13,16-17,20H,5,7,11H2,1-2H3. The molecule has 110 valence electrons. The van der Waals surface area contributed by atoms with E-state index in [2.05, 4.69) is 48.4 Å². The number of hydrogen-bond donors (Lipinski definition) is 1. The Labute approximate surface area is 125 Å². The number of benzene rings is 1. The number of anilines is 1. The molecule has 3 nitrogen and oxygen atoms in total. The third-order valence-corrected chi connectivity index (χ3v) is 5.29. The van der Waals surface area contributed by atoms with E-state index in [0.29, 0.717) is 18.1 Å². The first-order valence-corrected chi connectivity index (χ1v) is 7.90. The Kier molecular flexibility index (Phi) is 2.93. The molecule has 1 N–H and O–H groups in total. The lowest BCUT2D eigenvalue weighted by Gasteiger charge is -2.60. The number of fused-ring (bicyclic) bond motifs is 2. The molecule has 0 spiro atoms. The van der Waals surface area contributed by atoms with Crippen LogP contribution in [0.5, 0.6) is 0 Å². The maximum absolute atomic E-state index is 6.00. The van der Waals surface area contributed by atoms with E-state index in [-0.39, 0.29) is 5.41 Å². The summed E-state index contributed by atoms with van der Waals surface area (Å²) in [5, 5.41) is 5.00. The largest absolute Gasteiger partial charge is 0.381 e. The van der Waals surface area contributed by atoms with Gasteiger partial charge in [0.2, 0.25) is 0 Å². The second kappa shape index (κ2) is 4.70. The minimum Gasteiger partial charge on any atom is -0.381 e. The lowest BCUT2D eigenvalue weighted by Crippen LogP contribution is -2.67. The molecule has 1 saturated heterocycles. The molecular weight excluding hydrogens is 260 g/mol. The molecule has 0 amide bonds. The fraction of sp³-hybridized carbons (Fsp3) is 0.500. The molecule has 2 fully saturated rings. The zero-order valence-corrected chi connectivity index (χ0v) is 12.7. The fourth-order valence-electron chi connectivity index (χ4n) is 4.21. The van der Waals surface area contributed by atoms with Crippen molar-refractivity contribution in [1.29, 1.82) is 0 Å². The van der Waals surface area contributed by atoms with Crippen LogP contribution in [-0.2, 0) is 4.74 Å². The molecule has 0 bridgehead atoms. The van der Waals surface area contributed by atoms with E-state index in [1.165, 1.54) is 23.9 Å². The number of hydrogen-bond acceptors (Lipinski definition) is 3. The third kappa shape index (κ3) is 1.95. The fourth-order valence-corrected chi connectivity index (χ4v) is 4.21. The molecule has 0 radical (unpaired) electrons. The molecule has 2 aromatic rings. The van der Waals surface area contributed by atoms with Gasteiger partial charge in [0.25, 0.3) is 0 Å². The Bertz CT molecular complexity index is 662. The molecule has 21 heavy (non-hydrogen) atoms. The molecule has 1 aliphatic carbocycles. The molecule has 2 heterocycles. The number of aromatic nitrogens is 1. The summed E-state index contributed by atoms with van der Waals surface area (Å²) in [6, 6.07) is 10.9. The molecule has 1 saturated carbocycles. The normalized spacial score (nSPS) is 30.5. The van der Waals surface area contributed by atoms with Crippen LogP contribution in [0, 0.1) is 11.3 Å². The number of pyridine rings is 1. The van der Waals surface area contributed by atoms with Gasteiger partial charge in [0.15, 0.2) is 0 Å². The van der Waals surface area contributed by atoms with Crippen molar-refractivity contribution >= 4 is 16.6 Å². The molecular formula is C18H22N2O. The smallest absolute Gasteiger partial charge is 0.0722 e. The van der Waals surface area contributed by atoms with Gasteiger partial charge in [0.05, 0.1) is 11.6 Å². The lowest BCUT2D eigenvalue weighted by molar-refractivity contribution is -0.177. The predicted octanol–water partition coefficient (Wildman–Crippen LogP) is 3.85. The summed E-state index contributed by atoms with van der Waals surface area (Å²) >= 11 is 0. The average Bonchev–Trinajstić information content (AvgIpc) is 2.52. The monoisotopic (exact) mass is 282 g/mol.